The second kappa shape index (κ2) is 8.63. The maximum absolute atomic E-state index is 10.8. The van der Waals surface area contributed by atoms with Crippen molar-refractivity contribution in [3.05, 3.63) is 35.4 Å². The molecule has 2 N–H and O–H groups in total. The molecule has 5 heteroatoms. The fourth-order valence-electron chi connectivity index (χ4n) is 1.68. The monoisotopic (exact) mass is 266 g/mol. The zero-order valence-electron chi connectivity index (χ0n) is 11.6. The summed E-state index contributed by atoms with van der Waals surface area (Å²) >= 11 is 0. The third kappa shape index (κ3) is 6.33. The molecule has 0 aliphatic rings. The van der Waals surface area contributed by atoms with Crippen molar-refractivity contribution in [3.8, 4) is 0 Å². The molecule has 0 saturated carbocycles. The van der Waals surface area contributed by atoms with Gasteiger partial charge < -0.3 is 20.1 Å². The van der Waals surface area contributed by atoms with Gasteiger partial charge in [-0.25, -0.2) is 4.79 Å². The van der Waals surface area contributed by atoms with Crippen LogP contribution in [0.25, 0.3) is 0 Å². The average molecular weight is 266 g/mol. The molecule has 0 radical (unpaired) electrons. The lowest BCUT2D eigenvalue weighted by Crippen LogP contribution is -2.31. The summed E-state index contributed by atoms with van der Waals surface area (Å²) in [4.78, 5) is 13.0. The SMILES string of the molecule is COCCN(C)CCNCc1cccc(C(=O)O)c1. The van der Waals surface area contributed by atoms with Gasteiger partial charge in [0.15, 0.2) is 0 Å². The van der Waals surface area contributed by atoms with Crippen molar-refractivity contribution in [2.45, 2.75) is 6.54 Å². The van der Waals surface area contributed by atoms with E-state index in [1.807, 2.05) is 13.1 Å². The first-order chi connectivity index (χ1) is 9.13. The molecule has 19 heavy (non-hydrogen) atoms. The van der Waals surface area contributed by atoms with Crippen LogP contribution in [0.2, 0.25) is 0 Å². The van der Waals surface area contributed by atoms with Crippen molar-refractivity contribution < 1.29 is 14.6 Å². The standard InChI is InChI=1S/C14H22N2O3/c1-16(8-9-19-2)7-6-15-11-12-4-3-5-13(10-12)14(17)18/h3-5,10,15H,6-9,11H2,1-2H3,(H,17,18). The van der Waals surface area contributed by atoms with Gasteiger partial charge in [0.2, 0.25) is 0 Å². The van der Waals surface area contributed by atoms with E-state index in [0.717, 1.165) is 31.8 Å². The molecule has 0 unspecified atom stereocenters. The predicted molar refractivity (Wildman–Crippen MR) is 74.5 cm³/mol. The molecule has 0 aliphatic carbocycles. The van der Waals surface area contributed by atoms with Crippen molar-refractivity contribution in [1.82, 2.24) is 10.2 Å². The van der Waals surface area contributed by atoms with Gasteiger partial charge in [0.25, 0.3) is 0 Å². The Morgan fingerprint density at radius 1 is 1.42 bits per heavy atom. The third-order valence-corrected chi connectivity index (χ3v) is 2.85. The van der Waals surface area contributed by atoms with Gasteiger partial charge in [-0.3, -0.25) is 0 Å². The van der Waals surface area contributed by atoms with Crippen molar-refractivity contribution in [3.63, 3.8) is 0 Å². The summed E-state index contributed by atoms with van der Waals surface area (Å²) in [5, 5.41) is 12.2. The van der Waals surface area contributed by atoms with E-state index in [-0.39, 0.29) is 0 Å². The van der Waals surface area contributed by atoms with Gasteiger partial charge in [-0.15, -0.1) is 0 Å². The Labute approximate surface area is 114 Å². The molecule has 0 amide bonds. The number of ether oxygens (including phenoxy) is 1. The van der Waals surface area contributed by atoms with E-state index < -0.39 is 5.97 Å². The summed E-state index contributed by atoms with van der Waals surface area (Å²) in [6, 6.07) is 6.99. The summed E-state index contributed by atoms with van der Waals surface area (Å²) < 4.78 is 5.01. The summed E-state index contributed by atoms with van der Waals surface area (Å²) in [5.41, 5.74) is 1.32. The van der Waals surface area contributed by atoms with E-state index in [9.17, 15) is 4.79 Å². The minimum absolute atomic E-state index is 0.330. The maximum Gasteiger partial charge on any atom is 0.335 e. The molecule has 0 spiro atoms. The fraction of sp³-hybridized carbons (Fsp3) is 0.500. The number of carbonyl (C=O) groups is 1. The Morgan fingerprint density at radius 2 is 2.21 bits per heavy atom. The second-order valence-corrected chi connectivity index (χ2v) is 4.48. The molecule has 1 rings (SSSR count). The van der Waals surface area contributed by atoms with Crippen molar-refractivity contribution in [2.24, 2.45) is 0 Å². The normalized spacial score (nSPS) is 10.9. The smallest absolute Gasteiger partial charge is 0.335 e. The summed E-state index contributed by atoms with van der Waals surface area (Å²) in [6.07, 6.45) is 0. The number of carboxylic acids is 1. The highest BCUT2D eigenvalue weighted by Gasteiger charge is 2.03. The number of nitrogens with one attached hydrogen (secondary N) is 1. The van der Waals surface area contributed by atoms with Crippen LogP contribution in [0, 0.1) is 0 Å². The molecule has 0 fully saturated rings. The molecule has 5 nitrogen and oxygen atoms in total. The van der Waals surface area contributed by atoms with Gasteiger partial charge >= 0.3 is 5.97 Å². The van der Waals surface area contributed by atoms with Crippen LogP contribution in [0.15, 0.2) is 24.3 Å². The van der Waals surface area contributed by atoms with Gasteiger partial charge in [0.1, 0.15) is 0 Å². The molecule has 0 atom stereocenters. The summed E-state index contributed by atoms with van der Waals surface area (Å²) in [6.45, 7) is 4.11. The largest absolute Gasteiger partial charge is 0.478 e. The molecular formula is C14H22N2O3. The Kier molecular flexibility index (Phi) is 7.10. The number of rotatable bonds is 9. The topological polar surface area (TPSA) is 61.8 Å². The van der Waals surface area contributed by atoms with Gasteiger partial charge in [-0.05, 0) is 24.7 Å². The molecule has 1 aromatic carbocycles. The molecule has 1 aromatic rings. The first-order valence-corrected chi connectivity index (χ1v) is 6.34. The number of benzene rings is 1. The lowest BCUT2D eigenvalue weighted by atomic mass is 10.1. The molecular weight excluding hydrogens is 244 g/mol. The van der Waals surface area contributed by atoms with Crippen molar-refractivity contribution in [2.75, 3.05) is 40.4 Å². The van der Waals surface area contributed by atoms with Crippen molar-refractivity contribution >= 4 is 5.97 Å². The zero-order chi connectivity index (χ0) is 14.1. The fourth-order valence-corrected chi connectivity index (χ4v) is 1.68. The highest BCUT2D eigenvalue weighted by atomic mass is 16.5. The van der Waals surface area contributed by atoms with E-state index in [4.69, 9.17) is 9.84 Å². The van der Waals surface area contributed by atoms with E-state index in [0.29, 0.717) is 12.1 Å². The van der Waals surface area contributed by atoms with Crippen LogP contribution in [0.4, 0.5) is 0 Å². The first-order valence-electron chi connectivity index (χ1n) is 6.34. The van der Waals surface area contributed by atoms with Crippen LogP contribution >= 0.6 is 0 Å². The van der Waals surface area contributed by atoms with Gasteiger partial charge in [-0.1, -0.05) is 12.1 Å². The lowest BCUT2D eigenvalue weighted by Gasteiger charge is -2.16. The summed E-state index contributed by atoms with van der Waals surface area (Å²) in [5.74, 6) is -0.888. The van der Waals surface area contributed by atoms with E-state index in [1.54, 1.807) is 25.3 Å². The number of carboxylic acid groups (broad SMARTS) is 1. The Balaban J connectivity index is 2.25. The highest BCUT2D eigenvalue weighted by molar-refractivity contribution is 5.87. The van der Waals surface area contributed by atoms with Crippen LogP contribution in [0.3, 0.4) is 0 Å². The lowest BCUT2D eigenvalue weighted by molar-refractivity contribution is 0.0696. The van der Waals surface area contributed by atoms with Crippen LogP contribution in [0.5, 0.6) is 0 Å². The second-order valence-electron chi connectivity index (χ2n) is 4.48. The number of hydrogen-bond acceptors (Lipinski definition) is 4. The number of likely N-dealkylation sites (N-methyl/N-ethyl adjacent to an activating group) is 1. The highest BCUT2D eigenvalue weighted by Crippen LogP contribution is 2.04. The molecule has 0 bridgehead atoms. The molecule has 0 saturated heterocycles. The van der Waals surface area contributed by atoms with Gasteiger partial charge in [0.05, 0.1) is 12.2 Å². The minimum atomic E-state index is -0.888. The van der Waals surface area contributed by atoms with Crippen LogP contribution in [-0.4, -0.2) is 56.4 Å². The number of methoxy groups -OCH3 is 1. The first kappa shape index (κ1) is 15.6. The van der Waals surface area contributed by atoms with Crippen LogP contribution < -0.4 is 5.32 Å². The zero-order valence-corrected chi connectivity index (χ0v) is 11.6. The van der Waals surface area contributed by atoms with E-state index in [1.165, 1.54) is 0 Å². The quantitative estimate of drug-likeness (QED) is 0.654. The summed E-state index contributed by atoms with van der Waals surface area (Å²) in [7, 11) is 3.74. The molecule has 0 heterocycles. The van der Waals surface area contributed by atoms with Crippen LogP contribution in [-0.2, 0) is 11.3 Å². The van der Waals surface area contributed by atoms with Gasteiger partial charge in [-0.2, -0.15) is 0 Å². The minimum Gasteiger partial charge on any atom is -0.478 e. The Hall–Kier alpha value is -1.43. The maximum atomic E-state index is 10.8. The number of aromatic carboxylic acids is 1. The number of nitrogens with zero attached hydrogens (tertiary/aromatic N) is 1. The Bertz CT molecular complexity index is 396. The molecule has 0 aliphatic heterocycles. The van der Waals surface area contributed by atoms with Crippen LogP contribution in [0.1, 0.15) is 15.9 Å². The van der Waals surface area contributed by atoms with Gasteiger partial charge in [0, 0.05) is 33.3 Å². The predicted octanol–water partition coefficient (Wildman–Crippen LogP) is 1.05. The Morgan fingerprint density at radius 3 is 2.89 bits per heavy atom. The van der Waals surface area contributed by atoms with E-state index in [2.05, 4.69) is 10.2 Å². The third-order valence-electron chi connectivity index (χ3n) is 2.85. The van der Waals surface area contributed by atoms with E-state index >= 15 is 0 Å². The molecule has 106 valence electrons. The number of hydrogen-bond donors (Lipinski definition) is 2. The average Bonchev–Trinajstić information content (AvgIpc) is 2.41. The molecule has 0 aromatic heterocycles. The van der Waals surface area contributed by atoms with Crippen molar-refractivity contribution in [1.29, 1.82) is 0 Å².